The van der Waals surface area contributed by atoms with Crippen molar-refractivity contribution in [2.75, 3.05) is 0 Å². The molecule has 5 heteroatoms. The second-order valence-electron chi connectivity index (χ2n) is 5.10. The Morgan fingerprint density at radius 2 is 2.35 bits per heavy atom. The van der Waals surface area contributed by atoms with E-state index in [1.165, 1.54) is 11.1 Å². The summed E-state index contributed by atoms with van der Waals surface area (Å²) in [6, 6.07) is 6.29. The molecule has 1 aliphatic rings. The van der Waals surface area contributed by atoms with Crippen molar-refractivity contribution in [3.8, 4) is 5.75 Å². The van der Waals surface area contributed by atoms with Crippen LogP contribution in [0.25, 0.3) is 0 Å². The van der Waals surface area contributed by atoms with E-state index < -0.39 is 0 Å². The maximum atomic E-state index is 6.17. The maximum absolute atomic E-state index is 6.17. The summed E-state index contributed by atoms with van der Waals surface area (Å²) in [7, 11) is 0. The SMILES string of the molecule is CCn1ncnc1COc1cccc2c1CCCC2N. The Balaban J connectivity index is 1.80. The van der Waals surface area contributed by atoms with E-state index in [9.17, 15) is 0 Å². The predicted octanol–water partition coefficient (Wildman–Crippen LogP) is 2.21. The molecule has 1 aliphatic carbocycles. The van der Waals surface area contributed by atoms with E-state index in [1.807, 2.05) is 23.7 Å². The molecule has 1 atom stereocenters. The van der Waals surface area contributed by atoms with Crippen LogP contribution in [0.4, 0.5) is 0 Å². The second kappa shape index (κ2) is 5.63. The third-order valence-corrected chi connectivity index (χ3v) is 3.86. The normalized spacial score (nSPS) is 17.8. The molecule has 106 valence electrons. The molecule has 1 aromatic heterocycles. The Kier molecular flexibility index (Phi) is 3.69. The Labute approximate surface area is 118 Å². The van der Waals surface area contributed by atoms with Crippen molar-refractivity contribution >= 4 is 0 Å². The van der Waals surface area contributed by atoms with E-state index >= 15 is 0 Å². The molecular formula is C15H20N4O. The van der Waals surface area contributed by atoms with Gasteiger partial charge < -0.3 is 10.5 Å². The standard InChI is InChI=1S/C15H20N4O/c1-2-19-15(17-10-18-19)9-20-14-8-4-5-11-12(14)6-3-7-13(11)16/h4-5,8,10,13H,2-3,6-7,9,16H2,1H3. The Hall–Kier alpha value is -1.88. The minimum absolute atomic E-state index is 0.140. The first-order valence-electron chi connectivity index (χ1n) is 7.16. The zero-order valence-electron chi connectivity index (χ0n) is 11.7. The highest BCUT2D eigenvalue weighted by atomic mass is 16.5. The van der Waals surface area contributed by atoms with Crippen molar-refractivity contribution in [2.24, 2.45) is 5.73 Å². The number of hydrogen-bond acceptors (Lipinski definition) is 4. The van der Waals surface area contributed by atoms with Gasteiger partial charge in [-0.25, -0.2) is 9.67 Å². The summed E-state index contributed by atoms with van der Waals surface area (Å²) in [5, 5.41) is 4.15. The average Bonchev–Trinajstić information content (AvgIpc) is 2.93. The van der Waals surface area contributed by atoms with Crippen LogP contribution >= 0.6 is 0 Å². The van der Waals surface area contributed by atoms with E-state index in [4.69, 9.17) is 10.5 Å². The monoisotopic (exact) mass is 272 g/mol. The number of fused-ring (bicyclic) bond motifs is 1. The molecule has 2 N–H and O–H groups in total. The molecular weight excluding hydrogens is 252 g/mol. The largest absolute Gasteiger partial charge is 0.485 e. The van der Waals surface area contributed by atoms with Gasteiger partial charge in [0.05, 0.1) is 0 Å². The summed E-state index contributed by atoms with van der Waals surface area (Å²) < 4.78 is 7.81. The molecule has 2 aromatic rings. The van der Waals surface area contributed by atoms with Crippen molar-refractivity contribution in [3.63, 3.8) is 0 Å². The van der Waals surface area contributed by atoms with Gasteiger partial charge in [-0.1, -0.05) is 12.1 Å². The zero-order chi connectivity index (χ0) is 13.9. The maximum Gasteiger partial charge on any atom is 0.164 e. The van der Waals surface area contributed by atoms with Gasteiger partial charge in [-0.05, 0) is 43.4 Å². The lowest BCUT2D eigenvalue weighted by atomic mass is 9.88. The van der Waals surface area contributed by atoms with Gasteiger partial charge in [-0.15, -0.1) is 0 Å². The summed E-state index contributed by atoms with van der Waals surface area (Å²) >= 11 is 0. The van der Waals surface area contributed by atoms with Crippen LogP contribution in [0.5, 0.6) is 5.75 Å². The van der Waals surface area contributed by atoms with Gasteiger partial charge in [-0.2, -0.15) is 5.10 Å². The molecule has 0 amide bonds. The van der Waals surface area contributed by atoms with Gasteiger partial charge in [0, 0.05) is 12.6 Å². The molecule has 0 fully saturated rings. The van der Waals surface area contributed by atoms with Crippen LogP contribution in [0, 0.1) is 0 Å². The molecule has 0 spiro atoms. The van der Waals surface area contributed by atoms with Crippen LogP contribution in [0.2, 0.25) is 0 Å². The van der Waals surface area contributed by atoms with Crippen molar-refractivity contribution in [1.29, 1.82) is 0 Å². The van der Waals surface area contributed by atoms with E-state index in [2.05, 4.69) is 16.1 Å². The predicted molar refractivity (Wildman–Crippen MR) is 76.3 cm³/mol. The lowest BCUT2D eigenvalue weighted by Gasteiger charge is -2.24. The molecule has 0 saturated heterocycles. The molecule has 5 nitrogen and oxygen atoms in total. The van der Waals surface area contributed by atoms with E-state index in [0.717, 1.165) is 37.4 Å². The van der Waals surface area contributed by atoms with Gasteiger partial charge in [0.2, 0.25) is 0 Å². The molecule has 0 saturated carbocycles. The highest BCUT2D eigenvalue weighted by Crippen LogP contribution is 2.34. The smallest absolute Gasteiger partial charge is 0.164 e. The van der Waals surface area contributed by atoms with Crippen molar-refractivity contribution in [3.05, 3.63) is 41.5 Å². The fraction of sp³-hybridized carbons (Fsp3) is 0.467. The highest BCUT2D eigenvalue weighted by molar-refractivity contribution is 5.43. The molecule has 20 heavy (non-hydrogen) atoms. The summed E-state index contributed by atoms with van der Waals surface area (Å²) in [6.45, 7) is 3.29. The summed E-state index contributed by atoms with van der Waals surface area (Å²) in [4.78, 5) is 4.23. The summed E-state index contributed by atoms with van der Waals surface area (Å²) in [5.41, 5.74) is 8.66. The van der Waals surface area contributed by atoms with Crippen LogP contribution in [-0.2, 0) is 19.6 Å². The van der Waals surface area contributed by atoms with E-state index in [-0.39, 0.29) is 6.04 Å². The molecule has 3 rings (SSSR count). The third kappa shape index (κ3) is 2.41. The molecule has 1 aromatic carbocycles. The topological polar surface area (TPSA) is 66.0 Å². The Morgan fingerprint density at radius 3 is 3.20 bits per heavy atom. The fourth-order valence-electron chi connectivity index (χ4n) is 2.79. The van der Waals surface area contributed by atoms with Crippen molar-refractivity contribution < 1.29 is 4.74 Å². The minimum atomic E-state index is 0.140. The first kappa shape index (κ1) is 13.1. The first-order chi connectivity index (χ1) is 9.79. The second-order valence-corrected chi connectivity index (χ2v) is 5.10. The summed E-state index contributed by atoms with van der Waals surface area (Å²) in [6.07, 6.45) is 4.79. The Bertz CT molecular complexity index is 593. The fourth-order valence-corrected chi connectivity index (χ4v) is 2.79. The number of aromatic nitrogens is 3. The summed E-state index contributed by atoms with van der Waals surface area (Å²) in [5.74, 6) is 1.79. The van der Waals surface area contributed by atoms with Crippen molar-refractivity contribution in [1.82, 2.24) is 14.8 Å². The van der Waals surface area contributed by atoms with Gasteiger partial charge in [0.25, 0.3) is 0 Å². The quantitative estimate of drug-likeness (QED) is 0.926. The number of rotatable bonds is 4. The lowest BCUT2D eigenvalue weighted by Crippen LogP contribution is -2.18. The number of nitrogens with two attached hydrogens (primary N) is 1. The van der Waals surface area contributed by atoms with Crippen LogP contribution < -0.4 is 10.5 Å². The average molecular weight is 272 g/mol. The van der Waals surface area contributed by atoms with Crippen LogP contribution in [0.3, 0.4) is 0 Å². The highest BCUT2D eigenvalue weighted by Gasteiger charge is 2.20. The molecule has 0 bridgehead atoms. The van der Waals surface area contributed by atoms with Gasteiger partial charge in [0.1, 0.15) is 18.7 Å². The first-order valence-corrected chi connectivity index (χ1v) is 7.16. The van der Waals surface area contributed by atoms with E-state index in [0.29, 0.717) is 6.61 Å². The number of hydrogen-bond donors (Lipinski definition) is 1. The van der Waals surface area contributed by atoms with Gasteiger partial charge in [-0.3, -0.25) is 0 Å². The molecule has 1 heterocycles. The van der Waals surface area contributed by atoms with Gasteiger partial charge in [0.15, 0.2) is 5.82 Å². The molecule has 1 unspecified atom stereocenters. The number of nitrogens with zero attached hydrogens (tertiary/aromatic N) is 3. The minimum Gasteiger partial charge on any atom is -0.485 e. The van der Waals surface area contributed by atoms with Crippen LogP contribution in [-0.4, -0.2) is 14.8 Å². The van der Waals surface area contributed by atoms with Crippen molar-refractivity contribution in [2.45, 2.75) is 45.4 Å². The van der Waals surface area contributed by atoms with Crippen LogP contribution in [0.15, 0.2) is 24.5 Å². The molecule has 0 radical (unpaired) electrons. The Morgan fingerprint density at radius 1 is 1.45 bits per heavy atom. The molecule has 0 aliphatic heterocycles. The lowest BCUT2D eigenvalue weighted by molar-refractivity contribution is 0.282. The number of aryl methyl sites for hydroxylation is 1. The zero-order valence-corrected chi connectivity index (χ0v) is 11.7. The van der Waals surface area contributed by atoms with Crippen LogP contribution in [0.1, 0.15) is 42.8 Å². The van der Waals surface area contributed by atoms with E-state index in [1.54, 1.807) is 6.33 Å². The number of benzene rings is 1. The third-order valence-electron chi connectivity index (χ3n) is 3.86. The number of ether oxygens (including phenoxy) is 1. The van der Waals surface area contributed by atoms with Gasteiger partial charge >= 0.3 is 0 Å².